The van der Waals surface area contributed by atoms with E-state index in [1.165, 1.54) is 38.5 Å². The second-order valence-electron chi connectivity index (χ2n) is 9.60. The van der Waals surface area contributed by atoms with Gasteiger partial charge in [0.15, 0.2) is 0 Å². The molecule has 2 amide bonds. The molecular formula is C22H27ClN2O3. The Morgan fingerprint density at radius 3 is 2.43 bits per heavy atom. The van der Waals surface area contributed by atoms with Crippen LogP contribution in [0.5, 0.6) is 5.75 Å². The highest BCUT2D eigenvalue weighted by atomic mass is 35.5. The Kier molecular flexibility index (Phi) is 4.53. The maximum atomic E-state index is 12.6. The molecule has 1 aromatic carbocycles. The Morgan fingerprint density at radius 1 is 1.07 bits per heavy atom. The fraction of sp³-hybridized carbons (Fsp3) is 0.636. The highest BCUT2D eigenvalue weighted by Gasteiger charge is 2.51. The van der Waals surface area contributed by atoms with Gasteiger partial charge in [-0.2, -0.15) is 0 Å². The SMILES string of the molecule is O=C(CC12CC3CC(CC(C3)C1)C2)NNC(=O)[C@@H]1COc2ccc(Cl)cc2C1. The standard InChI is InChI=1S/C22H27ClN2O3/c23-18-1-2-19-16(7-18)6-17(12-28-19)21(27)25-24-20(26)11-22-8-13-3-14(9-22)5-15(4-13)10-22/h1-2,7,13-15,17H,3-6,8-12H2,(H,24,26)(H,25,27)/t13?,14?,15?,17-,22?/m0/s1. The number of hydrazine groups is 1. The van der Waals surface area contributed by atoms with Crippen LogP contribution in [0.4, 0.5) is 0 Å². The molecule has 28 heavy (non-hydrogen) atoms. The quantitative estimate of drug-likeness (QED) is 0.758. The van der Waals surface area contributed by atoms with Gasteiger partial charge in [0.25, 0.3) is 0 Å². The lowest BCUT2D eigenvalue weighted by atomic mass is 9.49. The molecule has 1 aliphatic heterocycles. The number of hydrogen-bond donors (Lipinski definition) is 2. The number of carbonyl (C=O) groups is 2. The maximum absolute atomic E-state index is 12.6. The van der Waals surface area contributed by atoms with Crippen molar-refractivity contribution in [3.8, 4) is 5.75 Å². The summed E-state index contributed by atoms with van der Waals surface area (Å²) in [5.74, 6) is 2.64. The molecule has 5 nitrogen and oxygen atoms in total. The van der Waals surface area contributed by atoms with E-state index >= 15 is 0 Å². The van der Waals surface area contributed by atoms with Gasteiger partial charge >= 0.3 is 0 Å². The molecule has 6 rings (SSSR count). The van der Waals surface area contributed by atoms with E-state index < -0.39 is 0 Å². The number of ether oxygens (including phenoxy) is 1. The molecule has 5 aliphatic rings. The summed E-state index contributed by atoms with van der Waals surface area (Å²) in [7, 11) is 0. The Balaban J connectivity index is 1.15. The first-order chi connectivity index (χ1) is 13.5. The van der Waals surface area contributed by atoms with Crippen LogP contribution in [0, 0.1) is 29.1 Å². The molecule has 1 heterocycles. The van der Waals surface area contributed by atoms with Gasteiger partial charge < -0.3 is 4.74 Å². The number of amides is 2. The summed E-state index contributed by atoms with van der Waals surface area (Å²) < 4.78 is 5.68. The summed E-state index contributed by atoms with van der Waals surface area (Å²) in [4.78, 5) is 25.1. The molecule has 4 fully saturated rings. The topological polar surface area (TPSA) is 67.4 Å². The summed E-state index contributed by atoms with van der Waals surface area (Å²) in [6.07, 6.45) is 8.76. The first kappa shape index (κ1) is 18.3. The number of benzene rings is 1. The third kappa shape index (κ3) is 3.49. The number of carbonyl (C=O) groups excluding carboxylic acids is 2. The van der Waals surface area contributed by atoms with Gasteiger partial charge in [0.05, 0.1) is 5.92 Å². The van der Waals surface area contributed by atoms with Crippen molar-refractivity contribution in [3.63, 3.8) is 0 Å². The van der Waals surface area contributed by atoms with Crippen molar-refractivity contribution in [2.75, 3.05) is 6.61 Å². The zero-order chi connectivity index (χ0) is 19.3. The summed E-state index contributed by atoms with van der Waals surface area (Å²) >= 11 is 6.04. The largest absolute Gasteiger partial charge is 0.492 e. The third-order valence-electron chi connectivity index (χ3n) is 7.33. The lowest BCUT2D eigenvalue weighted by molar-refractivity contribution is -0.136. The lowest BCUT2D eigenvalue weighted by Crippen LogP contribution is -2.51. The summed E-state index contributed by atoms with van der Waals surface area (Å²) in [6.45, 7) is 0.311. The van der Waals surface area contributed by atoms with E-state index in [0.717, 1.165) is 29.1 Å². The van der Waals surface area contributed by atoms with Gasteiger partial charge in [0.2, 0.25) is 11.8 Å². The molecule has 4 saturated carbocycles. The molecular weight excluding hydrogens is 376 g/mol. The predicted molar refractivity (Wildman–Crippen MR) is 106 cm³/mol. The molecule has 0 radical (unpaired) electrons. The Labute approximate surface area is 170 Å². The molecule has 150 valence electrons. The van der Waals surface area contributed by atoms with Crippen LogP contribution in [0.3, 0.4) is 0 Å². The molecule has 1 aromatic rings. The Hall–Kier alpha value is -1.75. The molecule has 1 atom stereocenters. The highest BCUT2D eigenvalue weighted by Crippen LogP contribution is 2.61. The van der Waals surface area contributed by atoms with Gasteiger partial charge in [-0.05, 0) is 91.9 Å². The highest BCUT2D eigenvalue weighted by molar-refractivity contribution is 6.30. The number of nitrogens with one attached hydrogen (secondary N) is 2. The minimum absolute atomic E-state index is 0.0597. The minimum Gasteiger partial charge on any atom is -0.492 e. The zero-order valence-corrected chi connectivity index (χ0v) is 16.8. The van der Waals surface area contributed by atoms with Crippen molar-refractivity contribution in [2.45, 2.75) is 51.4 Å². The number of rotatable bonds is 3. The summed E-state index contributed by atoms with van der Waals surface area (Å²) in [5, 5.41) is 0.632. The van der Waals surface area contributed by atoms with E-state index in [4.69, 9.17) is 16.3 Å². The van der Waals surface area contributed by atoms with Crippen molar-refractivity contribution >= 4 is 23.4 Å². The lowest BCUT2D eigenvalue weighted by Gasteiger charge is -2.56. The average molecular weight is 403 g/mol. The van der Waals surface area contributed by atoms with Crippen molar-refractivity contribution in [2.24, 2.45) is 29.1 Å². The van der Waals surface area contributed by atoms with Crippen LogP contribution in [0.2, 0.25) is 5.02 Å². The Morgan fingerprint density at radius 2 is 1.75 bits per heavy atom. The fourth-order valence-corrected chi connectivity index (χ4v) is 6.85. The van der Waals surface area contributed by atoms with Crippen LogP contribution in [0.25, 0.3) is 0 Å². The molecule has 0 unspecified atom stereocenters. The van der Waals surface area contributed by atoms with Crippen LogP contribution in [0.15, 0.2) is 18.2 Å². The normalized spacial score (nSPS) is 35.0. The predicted octanol–water partition coefficient (Wildman–Crippen LogP) is 3.65. The van der Waals surface area contributed by atoms with Gasteiger partial charge in [-0.25, -0.2) is 0 Å². The smallest absolute Gasteiger partial charge is 0.245 e. The minimum atomic E-state index is -0.328. The maximum Gasteiger partial charge on any atom is 0.245 e. The van der Waals surface area contributed by atoms with Crippen molar-refractivity contribution in [1.82, 2.24) is 10.9 Å². The molecule has 6 heteroatoms. The van der Waals surface area contributed by atoms with E-state index in [-0.39, 0.29) is 23.1 Å². The molecule has 0 aromatic heterocycles. The van der Waals surface area contributed by atoms with Gasteiger partial charge in [-0.1, -0.05) is 11.6 Å². The Bertz CT molecular complexity index is 774. The van der Waals surface area contributed by atoms with Crippen molar-refractivity contribution in [3.05, 3.63) is 28.8 Å². The van der Waals surface area contributed by atoms with Gasteiger partial charge in [0, 0.05) is 11.4 Å². The molecule has 4 aliphatic carbocycles. The summed E-state index contributed by atoms with van der Waals surface area (Å²) in [5.41, 5.74) is 6.40. The van der Waals surface area contributed by atoms with Gasteiger partial charge in [0.1, 0.15) is 12.4 Å². The van der Waals surface area contributed by atoms with Gasteiger partial charge in [-0.15, -0.1) is 0 Å². The van der Waals surface area contributed by atoms with Gasteiger partial charge in [-0.3, -0.25) is 20.4 Å². The van der Waals surface area contributed by atoms with Crippen molar-refractivity contribution < 1.29 is 14.3 Å². The van der Waals surface area contributed by atoms with Crippen molar-refractivity contribution in [1.29, 1.82) is 0 Å². The molecule has 0 spiro atoms. The van der Waals surface area contributed by atoms with Crippen LogP contribution in [-0.4, -0.2) is 18.4 Å². The number of fused-ring (bicyclic) bond motifs is 1. The van der Waals surface area contributed by atoms with E-state index in [2.05, 4.69) is 10.9 Å². The van der Waals surface area contributed by atoms with E-state index in [1.807, 2.05) is 12.1 Å². The molecule has 4 bridgehead atoms. The van der Waals surface area contributed by atoms with Crippen LogP contribution in [-0.2, 0) is 16.0 Å². The molecule has 0 saturated heterocycles. The number of halogens is 1. The first-order valence-corrected chi connectivity index (χ1v) is 10.9. The second-order valence-corrected chi connectivity index (χ2v) is 10.0. The average Bonchev–Trinajstić information content (AvgIpc) is 2.64. The number of hydrogen-bond acceptors (Lipinski definition) is 3. The summed E-state index contributed by atoms with van der Waals surface area (Å²) in [6, 6.07) is 5.45. The molecule has 2 N–H and O–H groups in total. The van der Waals surface area contributed by atoms with E-state index in [1.54, 1.807) is 6.07 Å². The van der Waals surface area contributed by atoms with Crippen LogP contribution < -0.4 is 15.6 Å². The van der Waals surface area contributed by atoms with E-state index in [0.29, 0.717) is 24.5 Å². The zero-order valence-electron chi connectivity index (χ0n) is 16.0. The van der Waals surface area contributed by atoms with Crippen LogP contribution in [0.1, 0.15) is 50.5 Å². The fourth-order valence-electron chi connectivity index (χ4n) is 6.66. The monoisotopic (exact) mass is 402 g/mol. The van der Waals surface area contributed by atoms with Crippen LogP contribution >= 0.6 is 11.6 Å². The third-order valence-corrected chi connectivity index (χ3v) is 7.56. The first-order valence-electron chi connectivity index (χ1n) is 10.5. The second kappa shape index (κ2) is 6.94. The van der Waals surface area contributed by atoms with E-state index in [9.17, 15) is 9.59 Å².